The van der Waals surface area contributed by atoms with Crippen molar-refractivity contribution in [3.05, 3.63) is 71.9 Å². The van der Waals surface area contributed by atoms with Gasteiger partial charge in [0, 0.05) is 12.6 Å². The molecule has 0 aliphatic heterocycles. The van der Waals surface area contributed by atoms with E-state index in [9.17, 15) is 4.79 Å². The van der Waals surface area contributed by atoms with Gasteiger partial charge in [0.05, 0.1) is 11.4 Å². The van der Waals surface area contributed by atoms with E-state index in [2.05, 4.69) is 24.3 Å². The summed E-state index contributed by atoms with van der Waals surface area (Å²) in [5, 5.41) is 7.58. The summed E-state index contributed by atoms with van der Waals surface area (Å²) in [6.07, 6.45) is 1.61. The van der Waals surface area contributed by atoms with Crippen molar-refractivity contribution in [2.45, 2.75) is 52.1 Å². The summed E-state index contributed by atoms with van der Waals surface area (Å²) >= 11 is 0. The van der Waals surface area contributed by atoms with Crippen LogP contribution in [0.4, 0.5) is 5.82 Å². The van der Waals surface area contributed by atoms with Crippen LogP contribution < -0.4 is 15.8 Å². The maximum Gasteiger partial charge on any atom is 0.261 e. The number of rotatable bonds is 10. The molecular formula is C25H32N4O2. The maximum absolute atomic E-state index is 12.6. The van der Waals surface area contributed by atoms with E-state index in [0.29, 0.717) is 24.7 Å². The zero-order chi connectivity index (χ0) is 22.2. The van der Waals surface area contributed by atoms with E-state index >= 15 is 0 Å². The largest absolute Gasteiger partial charge is 0.480 e. The number of nitrogens with two attached hydrogens (primary N) is 1. The minimum atomic E-state index is -0.507. The fourth-order valence-electron chi connectivity index (χ4n) is 3.48. The number of benzene rings is 2. The number of nitrogen functional groups attached to an aromatic ring is 1. The number of amides is 1. The van der Waals surface area contributed by atoms with Gasteiger partial charge in [-0.15, -0.1) is 0 Å². The Morgan fingerprint density at radius 3 is 2.55 bits per heavy atom. The lowest BCUT2D eigenvalue weighted by Crippen LogP contribution is -2.38. The summed E-state index contributed by atoms with van der Waals surface area (Å²) in [4.78, 5) is 12.6. The number of ether oxygens (including phenoxy) is 1. The van der Waals surface area contributed by atoms with E-state index in [4.69, 9.17) is 10.5 Å². The molecule has 6 heteroatoms. The Balaban J connectivity index is 1.51. The molecule has 0 radical (unpaired) electrons. The average molecular weight is 421 g/mol. The van der Waals surface area contributed by atoms with Crippen LogP contribution in [0.25, 0.3) is 5.69 Å². The molecule has 3 N–H and O–H groups in total. The van der Waals surface area contributed by atoms with E-state index in [0.717, 1.165) is 35.5 Å². The summed E-state index contributed by atoms with van der Waals surface area (Å²) in [6, 6.07) is 19.6. The number of para-hydroxylation sites is 2. The second-order valence-electron chi connectivity index (χ2n) is 7.91. The second-order valence-corrected chi connectivity index (χ2v) is 7.91. The molecule has 31 heavy (non-hydrogen) atoms. The topological polar surface area (TPSA) is 82.2 Å². The van der Waals surface area contributed by atoms with Crippen LogP contribution in [0.5, 0.6) is 5.75 Å². The fraction of sp³-hybridized carbons (Fsp3) is 0.360. The van der Waals surface area contributed by atoms with Crippen molar-refractivity contribution >= 4 is 11.7 Å². The number of nitrogens with one attached hydrogen (secondary N) is 1. The smallest absolute Gasteiger partial charge is 0.261 e. The molecule has 2 aromatic carbocycles. The van der Waals surface area contributed by atoms with Crippen LogP contribution in [0.3, 0.4) is 0 Å². The van der Waals surface area contributed by atoms with E-state index in [1.54, 1.807) is 4.68 Å². The Kier molecular flexibility index (Phi) is 7.70. The van der Waals surface area contributed by atoms with Crippen LogP contribution in [0.1, 0.15) is 50.8 Å². The van der Waals surface area contributed by atoms with Crippen LogP contribution in [-0.2, 0) is 11.2 Å². The Bertz CT molecular complexity index is 982. The number of carbonyl (C=O) groups is 1. The molecule has 1 amide bonds. The van der Waals surface area contributed by atoms with Gasteiger partial charge in [-0.05, 0) is 48.9 Å². The number of aryl methyl sites for hydroxylation is 1. The first-order valence-corrected chi connectivity index (χ1v) is 10.9. The van der Waals surface area contributed by atoms with Crippen molar-refractivity contribution < 1.29 is 9.53 Å². The minimum Gasteiger partial charge on any atom is -0.480 e. The third kappa shape index (κ3) is 5.87. The third-order valence-corrected chi connectivity index (χ3v) is 5.17. The van der Waals surface area contributed by atoms with Gasteiger partial charge in [0.1, 0.15) is 11.6 Å². The molecule has 1 heterocycles. The molecule has 1 aromatic heterocycles. The normalized spacial score (nSPS) is 12.0. The molecular weight excluding hydrogens is 388 g/mol. The molecule has 0 fully saturated rings. The fourth-order valence-corrected chi connectivity index (χ4v) is 3.48. The number of anilines is 1. The SMILES string of the molecule is CCC(Oc1ccccc1C(C)C)C(=O)NCCCc1cc(N)n(-c2ccccc2)n1. The molecule has 164 valence electrons. The van der Waals surface area contributed by atoms with Crippen molar-refractivity contribution in [1.82, 2.24) is 15.1 Å². The van der Waals surface area contributed by atoms with Crippen LogP contribution >= 0.6 is 0 Å². The average Bonchev–Trinajstić information content (AvgIpc) is 3.16. The van der Waals surface area contributed by atoms with Crippen LogP contribution in [-0.4, -0.2) is 28.3 Å². The van der Waals surface area contributed by atoms with Crippen molar-refractivity contribution in [1.29, 1.82) is 0 Å². The lowest BCUT2D eigenvalue weighted by molar-refractivity contribution is -0.128. The number of hydrogen-bond donors (Lipinski definition) is 2. The van der Waals surface area contributed by atoms with Gasteiger partial charge < -0.3 is 15.8 Å². The molecule has 0 saturated heterocycles. The summed E-state index contributed by atoms with van der Waals surface area (Å²) in [6.45, 7) is 6.76. The second kappa shape index (κ2) is 10.7. The number of hydrogen-bond acceptors (Lipinski definition) is 4. The Labute approximate surface area is 184 Å². The summed E-state index contributed by atoms with van der Waals surface area (Å²) in [5.74, 6) is 1.63. The first kappa shape index (κ1) is 22.4. The first-order chi connectivity index (χ1) is 15.0. The highest BCUT2D eigenvalue weighted by Crippen LogP contribution is 2.27. The minimum absolute atomic E-state index is 0.0876. The van der Waals surface area contributed by atoms with E-state index in [1.807, 2.05) is 67.6 Å². The number of aromatic nitrogens is 2. The Hall–Kier alpha value is -3.28. The molecule has 3 aromatic rings. The van der Waals surface area contributed by atoms with Gasteiger partial charge in [-0.1, -0.05) is 57.2 Å². The molecule has 0 bridgehead atoms. The molecule has 0 aliphatic rings. The van der Waals surface area contributed by atoms with Crippen molar-refractivity contribution in [2.75, 3.05) is 12.3 Å². The maximum atomic E-state index is 12.6. The number of nitrogens with zero attached hydrogens (tertiary/aromatic N) is 2. The van der Waals surface area contributed by atoms with E-state index in [1.165, 1.54) is 0 Å². The van der Waals surface area contributed by atoms with Gasteiger partial charge >= 0.3 is 0 Å². The monoisotopic (exact) mass is 420 g/mol. The highest BCUT2D eigenvalue weighted by molar-refractivity contribution is 5.81. The molecule has 0 spiro atoms. The third-order valence-electron chi connectivity index (χ3n) is 5.17. The Morgan fingerprint density at radius 2 is 1.84 bits per heavy atom. The summed E-state index contributed by atoms with van der Waals surface area (Å²) in [7, 11) is 0. The van der Waals surface area contributed by atoms with Crippen LogP contribution in [0.15, 0.2) is 60.7 Å². The first-order valence-electron chi connectivity index (χ1n) is 10.9. The van der Waals surface area contributed by atoms with Crippen LogP contribution in [0, 0.1) is 0 Å². The predicted molar refractivity (Wildman–Crippen MR) is 125 cm³/mol. The molecule has 0 saturated carbocycles. The zero-order valence-electron chi connectivity index (χ0n) is 18.5. The van der Waals surface area contributed by atoms with Gasteiger partial charge in [0.15, 0.2) is 6.10 Å². The van der Waals surface area contributed by atoms with Crippen LogP contribution in [0.2, 0.25) is 0 Å². The molecule has 1 atom stereocenters. The highest BCUT2D eigenvalue weighted by Gasteiger charge is 2.20. The standard InChI is InChI=1S/C25H32N4O2/c1-4-22(31-23-15-9-8-14-21(23)18(2)3)25(30)27-16-10-11-19-17-24(26)29(28-19)20-12-6-5-7-13-20/h5-9,12-15,17-18,22H,4,10-11,16,26H2,1-3H3,(H,27,30). The highest BCUT2D eigenvalue weighted by atomic mass is 16.5. The van der Waals surface area contributed by atoms with Gasteiger partial charge in [-0.3, -0.25) is 4.79 Å². The van der Waals surface area contributed by atoms with Crippen molar-refractivity contribution in [3.63, 3.8) is 0 Å². The zero-order valence-corrected chi connectivity index (χ0v) is 18.5. The van der Waals surface area contributed by atoms with E-state index in [-0.39, 0.29) is 5.91 Å². The lowest BCUT2D eigenvalue weighted by atomic mass is 10.0. The molecule has 0 aliphatic carbocycles. The van der Waals surface area contributed by atoms with Gasteiger partial charge in [-0.25, -0.2) is 4.68 Å². The van der Waals surface area contributed by atoms with E-state index < -0.39 is 6.10 Å². The summed E-state index contributed by atoms with van der Waals surface area (Å²) in [5.41, 5.74) is 9.06. The van der Waals surface area contributed by atoms with Crippen molar-refractivity contribution in [2.24, 2.45) is 0 Å². The lowest BCUT2D eigenvalue weighted by Gasteiger charge is -2.20. The molecule has 6 nitrogen and oxygen atoms in total. The Morgan fingerprint density at radius 1 is 1.13 bits per heavy atom. The predicted octanol–water partition coefficient (Wildman–Crippen LogP) is 4.48. The molecule has 3 rings (SSSR count). The van der Waals surface area contributed by atoms with Gasteiger partial charge in [0.25, 0.3) is 5.91 Å². The van der Waals surface area contributed by atoms with Gasteiger partial charge in [-0.2, -0.15) is 5.10 Å². The number of carbonyl (C=O) groups excluding carboxylic acids is 1. The quantitative estimate of drug-likeness (QED) is 0.474. The molecule has 1 unspecified atom stereocenters. The van der Waals surface area contributed by atoms with Crippen molar-refractivity contribution in [3.8, 4) is 11.4 Å². The summed E-state index contributed by atoms with van der Waals surface area (Å²) < 4.78 is 7.79. The van der Waals surface area contributed by atoms with Gasteiger partial charge in [0.2, 0.25) is 0 Å².